The van der Waals surface area contributed by atoms with Crippen molar-refractivity contribution in [2.75, 3.05) is 45.3 Å². The summed E-state index contributed by atoms with van der Waals surface area (Å²) in [4.78, 5) is 6.77. The fourth-order valence-electron chi connectivity index (χ4n) is 3.44. The van der Waals surface area contributed by atoms with Gasteiger partial charge >= 0.3 is 0 Å². The molecule has 0 radical (unpaired) electrons. The van der Waals surface area contributed by atoms with Gasteiger partial charge in [0.25, 0.3) is 0 Å². The van der Waals surface area contributed by atoms with Crippen molar-refractivity contribution in [3.63, 3.8) is 0 Å². The number of rotatable bonds is 6. The lowest BCUT2D eigenvalue weighted by Gasteiger charge is -2.33. The minimum absolute atomic E-state index is 0.0254. The van der Waals surface area contributed by atoms with Gasteiger partial charge in [-0.1, -0.05) is 6.07 Å². The van der Waals surface area contributed by atoms with Gasteiger partial charge in [-0.05, 0) is 36.4 Å². The first-order valence-electron chi connectivity index (χ1n) is 9.61. The highest BCUT2D eigenvalue weighted by molar-refractivity contribution is 7.89. The minimum Gasteiger partial charge on any atom is -0.497 e. The SMILES string of the molecule is COc1ccc(OC)c(-c2csc(N3CCN(S(=O)(=O)c4cccc(F)c4)CC3)n2)c1. The van der Waals surface area contributed by atoms with Crippen molar-refractivity contribution in [3.05, 3.63) is 53.7 Å². The summed E-state index contributed by atoms with van der Waals surface area (Å²) in [7, 11) is -0.511. The zero-order valence-corrected chi connectivity index (χ0v) is 18.7. The van der Waals surface area contributed by atoms with Crippen LogP contribution in [-0.2, 0) is 10.0 Å². The van der Waals surface area contributed by atoms with Crippen LogP contribution in [0.15, 0.2) is 52.7 Å². The predicted octanol–water partition coefficient (Wildman–Crippen LogP) is 3.48. The Morgan fingerprint density at radius 3 is 2.48 bits per heavy atom. The van der Waals surface area contributed by atoms with E-state index in [2.05, 4.69) is 4.90 Å². The standard InChI is InChI=1S/C21H22FN3O4S2/c1-28-16-6-7-20(29-2)18(13-16)19-14-30-21(23-19)24-8-10-25(11-9-24)31(26,27)17-5-3-4-15(22)12-17/h3-7,12-14H,8-11H2,1-2H3. The van der Waals surface area contributed by atoms with Gasteiger partial charge in [0, 0.05) is 37.1 Å². The van der Waals surface area contributed by atoms with E-state index in [1.807, 2.05) is 23.6 Å². The number of benzene rings is 2. The number of anilines is 1. The zero-order valence-electron chi connectivity index (χ0n) is 17.1. The quantitative estimate of drug-likeness (QED) is 0.557. The van der Waals surface area contributed by atoms with Gasteiger partial charge in [-0.15, -0.1) is 11.3 Å². The summed E-state index contributed by atoms with van der Waals surface area (Å²) in [5.41, 5.74) is 1.60. The van der Waals surface area contributed by atoms with Crippen LogP contribution in [-0.4, -0.2) is 58.1 Å². The third-order valence-electron chi connectivity index (χ3n) is 5.12. The average Bonchev–Trinajstić information content (AvgIpc) is 3.29. The van der Waals surface area contributed by atoms with Gasteiger partial charge in [0.05, 0.1) is 24.8 Å². The molecule has 1 saturated heterocycles. The fourth-order valence-corrected chi connectivity index (χ4v) is 5.78. The number of halogens is 1. The predicted molar refractivity (Wildman–Crippen MR) is 118 cm³/mol. The second kappa shape index (κ2) is 8.81. The van der Waals surface area contributed by atoms with Crippen LogP contribution in [0.25, 0.3) is 11.3 Å². The van der Waals surface area contributed by atoms with Gasteiger partial charge in [-0.25, -0.2) is 17.8 Å². The summed E-state index contributed by atoms with van der Waals surface area (Å²) in [5, 5.41) is 2.75. The number of hydrogen-bond donors (Lipinski definition) is 0. The summed E-state index contributed by atoms with van der Waals surface area (Å²) in [6.07, 6.45) is 0. The van der Waals surface area contributed by atoms with E-state index in [9.17, 15) is 12.8 Å². The van der Waals surface area contributed by atoms with Gasteiger partial charge in [0.2, 0.25) is 10.0 Å². The molecule has 0 atom stereocenters. The van der Waals surface area contributed by atoms with Gasteiger partial charge < -0.3 is 14.4 Å². The van der Waals surface area contributed by atoms with Gasteiger partial charge in [0.15, 0.2) is 5.13 Å². The Kier molecular flexibility index (Phi) is 6.12. The number of piperazine rings is 1. The van der Waals surface area contributed by atoms with E-state index in [1.54, 1.807) is 14.2 Å². The van der Waals surface area contributed by atoms with Crippen LogP contribution in [0.1, 0.15) is 0 Å². The summed E-state index contributed by atoms with van der Waals surface area (Å²) in [6, 6.07) is 10.6. The molecule has 1 aliphatic heterocycles. The third kappa shape index (κ3) is 4.36. The number of sulfonamides is 1. The molecule has 0 spiro atoms. The maximum Gasteiger partial charge on any atom is 0.243 e. The molecule has 0 amide bonds. The van der Waals surface area contributed by atoms with E-state index in [0.717, 1.165) is 22.5 Å². The van der Waals surface area contributed by atoms with Crippen LogP contribution < -0.4 is 14.4 Å². The number of thiazole rings is 1. The first-order chi connectivity index (χ1) is 14.9. The minimum atomic E-state index is -3.73. The second-order valence-corrected chi connectivity index (χ2v) is 9.70. The van der Waals surface area contributed by atoms with E-state index in [0.29, 0.717) is 37.7 Å². The van der Waals surface area contributed by atoms with E-state index in [1.165, 1.54) is 33.8 Å². The summed E-state index contributed by atoms with van der Waals surface area (Å²) >= 11 is 1.49. The van der Waals surface area contributed by atoms with Crippen LogP contribution >= 0.6 is 11.3 Å². The highest BCUT2D eigenvalue weighted by Crippen LogP contribution is 2.36. The van der Waals surface area contributed by atoms with Crippen molar-refractivity contribution < 1.29 is 22.3 Å². The number of aromatic nitrogens is 1. The van der Waals surface area contributed by atoms with Crippen molar-refractivity contribution in [1.29, 1.82) is 0 Å². The molecule has 1 aliphatic rings. The second-order valence-electron chi connectivity index (χ2n) is 6.93. The molecule has 3 aromatic rings. The van der Waals surface area contributed by atoms with Gasteiger partial charge in [-0.2, -0.15) is 4.31 Å². The number of ether oxygens (including phenoxy) is 2. The first-order valence-corrected chi connectivity index (χ1v) is 11.9. The zero-order chi connectivity index (χ0) is 22.0. The molecule has 4 rings (SSSR count). The van der Waals surface area contributed by atoms with Crippen molar-refractivity contribution in [3.8, 4) is 22.8 Å². The Labute approximate surface area is 184 Å². The Morgan fingerprint density at radius 2 is 1.81 bits per heavy atom. The lowest BCUT2D eigenvalue weighted by atomic mass is 10.1. The topological polar surface area (TPSA) is 72.0 Å². The molecule has 2 aromatic carbocycles. The lowest BCUT2D eigenvalue weighted by Crippen LogP contribution is -2.48. The van der Waals surface area contributed by atoms with Crippen LogP contribution in [0, 0.1) is 5.82 Å². The van der Waals surface area contributed by atoms with E-state index in [-0.39, 0.29) is 4.90 Å². The number of nitrogens with zero attached hydrogens (tertiary/aromatic N) is 3. The van der Waals surface area contributed by atoms with E-state index in [4.69, 9.17) is 14.5 Å². The Morgan fingerprint density at radius 1 is 1.03 bits per heavy atom. The maximum atomic E-state index is 13.5. The molecule has 1 fully saturated rings. The van der Waals surface area contributed by atoms with Crippen molar-refractivity contribution in [1.82, 2.24) is 9.29 Å². The molecule has 31 heavy (non-hydrogen) atoms. The van der Waals surface area contributed by atoms with Gasteiger partial charge in [0.1, 0.15) is 17.3 Å². The van der Waals surface area contributed by atoms with Crippen LogP contribution in [0.3, 0.4) is 0 Å². The van der Waals surface area contributed by atoms with Crippen molar-refractivity contribution in [2.24, 2.45) is 0 Å². The maximum absolute atomic E-state index is 13.5. The monoisotopic (exact) mass is 463 g/mol. The molecule has 1 aromatic heterocycles. The summed E-state index contributed by atoms with van der Waals surface area (Å²) < 4.78 is 51.2. The largest absolute Gasteiger partial charge is 0.497 e. The Hall–Kier alpha value is -2.69. The molecule has 2 heterocycles. The third-order valence-corrected chi connectivity index (χ3v) is 7.91. The number of methoxy groups -OCH3 is 2. The Bertz CT molecular complexity index is 1170. The van der Waals surface area contributed by atoms with Gasteiger partial charge in [-0.3, -0.25) is 0 Å². The van der Waals surface area contributed by atoms with Crippen LogP contribution in [0.5, 0.6) is 11.5 Å². The summed E-state index contributed by atoms with van der Waals surface area (Å²) in [6.45, 7) is 1.60. The fraction of sp³-hybridized carbons (Fsp3) is 0.286. The average molecular weight is 464 g/mol. The molecule has 0 unspecified atom stereocenters. The molecular weight excluding hydrogens is 441 g/mol. The normalized spacial score (nSPS) is 15.1. The van der Waals surface area contributed by atoms with E-state index >= 15 is 0 Å². The molecule has 0 aliphatic carbocycles. The molecule has 0 N–H and O–H groups in total. The van der Waals surface area contributed by atoms with Crippen molar-refractivity contribution >= 4 is 26.5 Å². The molecule has 7 nitrogen and oxygen atoms in total. The summed E-state index contributed by atoms with van der Waals surface area (Å²) in [5.74, 6) is 0.841. The van der Waals surface area contributed by atoms with Crippen LogP contribution in [0.4, 0.5) is 9.52 Å². The van der Waals surface area contributed by atoms with Crippen LogP contribution in [0.2, 0.25) is 0 Å². The smallest absolute Gasteiger partial charge is 0.243 e. The number of hydrogen-bond acceptors (Lipinski definition) is 7. The molecular formula is C21H22FN3O4S2. The highest BCUT2D eigenvalue weighted by atomic mass is 32.2. The molecule has 0 saturated carbocycles. The van der Waals surface area contributed by atoms with E-state index < -0.39 is 15.8 Å². The lowest BCUT2D eigenvalue weighted by molar-refractivity contribution is 0.384. The Balaban J connectivity index is 1.49. The first kappa shape index (κ1) is 21.5. The molecule has 164 valence electrons. The molecule has 0 bridgehead atoms. The highest BCUT2D eigenvalue weighted by Gasteiger charge is 2.29. The van der Waals surface area contributed by atoms with Crippen molar-refractivity contribution in [2.45, 2.75) is 4.90 Å². The molecule has 10 heteroatoms.